The fourth-order valence-electron chi connectivity index (χ4n) is 2.92. The highest BCUT2D eigenvalue weighted by Gasteiger charge is 2.34. The normalized spacial score (nSPS) is 10.8. The molecule has 1 heterocycles. The maximum atomic E-state index is 12.6. The number of ether oxygens (including phenoxy) is 2. The number of aromatic nitrogens is 1. The number of para-hydroxylation sites is 1. The average Bonchev–Trinajstić information content (AvgIpc) is 2.70. The van der Waals surface area contributed by atoms with Gasteiger partial charge in [0.1, 0.15) is 5.56 Å². The van der Waals surface area contributed by atoms with Crippen LogP contribution in [-0.2, 0) is 9.47 Å². The smallest absolute Gasteiger partial charge is 0.465 e. The molecular weight excluding hydrogens is 405 g/mol. The molecule has 0 N–H and O–H groups in total. The molecular formula is C20H18BF4NO4. The predicted molar refractivity (Wildman–Crippen MR) is 103 cm³/mol. The zero-order chi connectivity index (χ0) is 22.5. The van der Waals surface area contributed by atoms with Gasteiger partial charge in [-0.15, -0.1) is 0 Å². The van der Waals surface area contributed by atoms with Crippen LogP contribution in [0.15, 0.2) is 54.7 Å². The molecule has 0 unspecified atom stereocenters. The number of carbonyl (C=O) groups is 2. The summed E-state index contributed by atoms with van der Waals surface area (Å²) in [5.74, 6) is -1.19. The number of rotatable bonds is 3. The Hall–Kier alpha value is -3.43. The molecule has 0 aliphatic carbocycles. The van der Waals surface area contributed by atoms with Gasteiger partial charge in [-0.1, -0.05) is 36.4 Å². The lowest BCUT2D eigenvalue weighted by molar-refractivity contribution is -0.597. The van der Waals surface area contributed by atoms with Crippen LogP contribution in [0.2, 0.25) is 0 Å². The highest BCUT2D eigenvalue weighted by atomic mass is 19.5. The second kappa shape index (κ2) is 9.38. The monoisotopic (exact) mass is 423 g/mol. The van der Waals surface area contributed by atoms with Crippen LogP contribution in [0.1, 0.15) is 26.4 Å². The molecule has 5 nitrogen and oxygen atoms in total. The number of pyridine rings is 1. The first-order valence-electron chi connectivity index (χ1n) is 8.65. The second-order valence-electron chi connectivity index (χ2n) is 6.07. The van der Waals surface area contributed by atoms with Crippen LogP contribution >= 0.6 is 0 Å². The molecule has 0 atom stereocenters. The zero-order valence-corrected chi connectivity index (χ0v) is 16.4. The number of hydrogen-bond acceptors (Lipinski definition) is 4. The van der Waals surface area contributed by atoms with Gasteiger partial charge in [-0.2, -0.15) is 4.57 Å². The number of halogens is 4. The highest BCUT2D eigenvalue weighted by molar-refractivity contribution is 6.50. The van der Waals surface area contributed by atoms with Crippen molar-refractivity contribution >= 4 is 30.0 Å². The molecule has 1 aromatic heterocycles. The molecule has 0 radical (unpaired) electrons. The minimum absolute atomic E-state index is 0.141. The van der Waals surface area contributed by atoms with Crippen molar-refractivity contribution in [2.24, 2.45) is 0 Å². The van der Waals surface area contributed by atoms with Crippen molar-refractivity contribution in [1.29, 1.82) is 0 Å². The fraction of sp³-hybridized carbons (Fsp3) is 0.150. The molecule has 158 valence electrons. The van der Waals surface area contributed by atoms with Gasteiger partial charge in [-0.3, -0.25) is 0 Å². The van der Waals surface area contributed by atoms with Gasteiger partial charge in [0.2, 0.25) is 5.69 Å². The number of carbonyl (C=O) groups excluding carboxylic acids is 2. The van der Waals surface area contributed by atoms with Crippen LogP contribution in [0.25, 0.3) is 16.5 Å². The summed E-state index contributed by atoms with van der Waals surface area (Å²) in [5.41, 5.74) is 2.08. The molecule has 0 spiro atoms. The van der Waals surface area contributed by atoms with Gasteiger partial charge in [0.05, 0.1) is 14.2 Å². The van der Waals surface area contributed by atoms with Gasteiger partial charge >= 0.3 is 24.9 Å². The summed E-state index contributed by atoms with van der Waals surface area (Å²) in [6, 6.07) is 15.0. The summed E-state index contributed by atoms with van der Waals surface area (Å²) in [4.78, 5) is 25.0. The third kappa shape index (κ3) is 5.34. The maximum Gasteiger partial charge on any atom is 0.673 e. The van der Waals surface area contributed by atoms with E-state index in [0.29, 0.717) is 5.39 Å². The predicted octanol–water partition coefficient (Wildman–Crippen LogP) is 4.30. The van der Waals surface area contributed by atoms with Crippen LogP contribution in [0, 0.1) is 6.92 Å². The van der Waals surface area contributed by atoms with Gasteiger partial charge < -0.3 is 26.7 Å². The summed E-state index contributed by atoms with van der Waals surface area (Å²) >= 11 is 0. The molecule has 0 saturated carbocycles. The van der Waals surface area contributed by atoms with E-state index >= 15 is 0 Å². The minimum Gasteiger partial charge on any atom is -0.465 e. The first-order chi connectivity index (χ1) is 14.1. The van der Waals surface area contributed by atoms with Gasteiger partial charge in [-0.05, 0) is 13.0 Å². The lowest BCUT2D eigenvalue weighted by Gasteiger charge is -2.11. The third-order valence-electron chi connectivity index (χ3n) is 4.12. The van der Waals surface area contributed by atoms with E-state index in [4.69, 9.17) is 9.47 Å². The Morgan fingerprint density at radius 1 is 0.867 bits per heavy atom. The summed E-state index contributed by atoms with van der Waals surface area (Å²) in [6.07, 6.45) is 1.83. The average molecular weight is 423 g/mol. The quantitative estimate of drug-likeness (QED) is 0.273. The standard InChI is InChI=1S/C20H18NO4.BF4/c1-13-8-4-7-11-16(13)21-12-14-9-5-6-10-15(14)17(19(22)24-2)18(21)20(23)25-3;2-1(3,4)5/h4-12H,1-3H3;/q+1;-1. The Balaban J connectivity index is 0.000000575. The Kier molecular flexibility index (Phi) is 7.15. The largest absolute Gasteiger partial charge is 0.673 e. The van der Waals surface area contributed by atoms with Crippen molar-refractivity contribution in [1.82, 2.24) is 0 Å². The molecule has 3 rings (SSSR count). The molecule has 0 fully saturated rings. The summed E-state index contributed by atoms with van der Waals surface area (Å²) in [6.45, 7) is 1.94. The SMILES string of the molecule is COC(=O)c1c(C(=O)OC)[n+](-c2ccccc2C)cc2ccccc12.F[B-](F)(F)F. The zero-order valence-electron chi connectivity index (χ0n) is 16.4. The topological polar surface area (TPSA) is 56.5 Å². The molecule has 0 amide bonds. The van der Waals surface area contributed by atoms with E-state index in [1.165, 1.54) is 14.2 Å². The first kappa shape index (κ1) is 22.9. The number of esters is 2. The summed E-state index contributed by atoms with van der Waals surface area (Å²) in [5, 5.41) is 1.46. The first-order valence-corrected chi connectivity index (χ1v) is 8.65. The van der Waals surface area contributed by atoms with Crippen molar-refractivity contribution in [2.45, 2.75) is 6.92 Å². The number of nitrogens with zero attached hydrogens (tertiary/aromatic N) is 1. The number of methoxy groups -OCH3 is 2. The number of fused-ring (bicyclic) bond motifs is 1. The van der Waals surface area contributed by atoms with Crippen LogP contribution < -0.4 is 4.57 Å². The molecule has 0 bridgehead atoms. The number of hydrogen-bond donors (Lipinski definition) is 0. The van der Waals surface area contributed by atoms with E-state index in [9.17, 15) is 26.9 Å². The maximum absolute atomic E-state index is 12.6. The summed E-state index contributed by atoms with van der Waals surface area (Å²) in [7, 11) is -3.41. The van der Waals surface area contributed by atoms with Crippen LogP contribution in [0.4, 0.5) is 17.3 Å². The van der Waals surface area contributed by atoms with E-state index in [1.54, 1.807) is 10.6 Å². The van der Waals surface area contributed by atoms with Crippen molar-refractivity contribution in [3.8, 4) is 5.69 Å². The van der Waals surface area contributed by atoms with E-state index in [0.717, 1.165) is 16.6 Å². The minimum atomic E-state index is -6.00. The number of benzene rings is 2. The lowest BCUT2D eigenvalue weighted by atomic mass is 10.0. The van der Waals surface area contributed by atoms with Crippen molar-refractivity contribution < 1.29 is 40.9 Å². The van der Waals surface area contributed by atoms with Crippen LogP contribution in [0.3, 0.4) is 0 Å². The molecule has 0 saturated heterocycles. The van der Waals surface area contributed by atoms with E-state index < -0.39 is 19.2 Å². The second-order valence-corrected chi connectivity index (χ2v) is 6.07. The van der Waals surface area contributed by atoms with Crippen LogP contribution in [0.5, 0.6) is 0 Å². The van der Waals surface area contributed by atoms with Crippen molar-refractivity contribution in [3.05, 3.63) is 71.5 Å². The molecule has 0 aliphatic rings. The van der Waals surface area contributed by atoms with Crippen molar-refractivity contribution in [3.63, 3.8) is 0 Å². The van der Waals surface area contributed by atoms with Crippen molar-refractivity contribution in [2.75, 3.05) is 14.2 Å². The Labute approximate surface area is 169 Å². The van der Waals surface area contributed by atoms with E-state index in [2.05, 4.69) is 0 Å². The van der Waals surface area contributed by atoms with Gasteiger partial charge in [0.25, 0.3) is 0 Å². The molecule has 10 heteroatoms. The highest BCUT2D eigenvalue weighted by Crippen LogP contribution is 2.23. The molecule has 0 aliphatic heterocycles. The number of aryl methyl sites for hydroxylation is 1. The Morgan fingerprint density at radius 3 is 1.97 bits per heavy atom. The summed E-state index contributed by atoms with van der Waals surface area (Å²) < 4.78 is 50.6. The molecule has 30 heavy (non-hydrogen) atoms. The fourth-order valence-corrected chi connectivity index (χ4v) is 2.92. The Morgan fingerprint density at radius 2 is 1.40 bits per heavy atom. The third-order valence-corrected chi connectivity index (χ3v) is 4.12. The van der Waals surface area contributed by atoms with Gasteiger partial charge in [0, 0.05) is 22.4 Å². The van der Waals surface area contributed by atoms with Gasteiger partial charge in [-0.25, -0.2) is 9.59 Å². The van der Waals surface area contributed by atoms with Gasteiger partial charge in [0.15, 0.2) is 6.20 Å². The molecule has 3 aromatic rings. The van der Waals surface area contributed by atoms with E-state index in [1.807, 2.05) is 55.6 Å². The Bertz CT molecular complexity index is 1080. The van der Waals surface area contributed by atoms with Crippen LogP contribution in [-0.4, -0.2) is 33.4 Å². The van der Waals surface area contributed by atoms with E-state index in [-0.39, 0.29) is 11.3 Å². The lowest BCUT2D eigenvalue weighted by Crippen LogP contribution is -2.41. The molecule has 2 aromatic carbocycles.